The summed E-state index contributed by atoms with van der Waals surface area (Å²) in [7, 11) is 0. The van der Waals surface area contributed by atoms with Crippen LogP contribution < -0.4 is 0 Å². The predicted molar refractivity (Wildman–Crippen MR) is 77.6 cm³/mol. The van der Waals surface area contributed by atoms with Gasteiger partial charge in [0, 0.05) is 23.6 Å². The first kappa shape index (κ1) is 12.7. The van der Waals surface area contributed by atoms with E-state index in [1.807, 2.05) is 4.90 Å². The molecule has 1 saturated carbocycles. The zero-order valence-electron chi connectivity index (χ0n) is 12.4. The summed E-state index contributed by atoms with van der Waals surface area (Å²) in [6.45, 7) is 9.57. The lowest BCUT2D eigenvalue weighted by Crippen LogP contribution is -2.46. The molecule has 0 radical (unpaired) electrons. The van der Waals surface area contributed by atoms with E-state index in [0.717, 1.165) is 12.1 Å². The summed E-state index contributed by atoms with van der Waals surface area (Å²) < 4.78 is 0. The number of rotatable bonds is 2. The number of amides is 1. The molecule has 0 aromatic heterocycles. The van der Waals surface area contributed by atoms with Crippen molar-refractivity contribution in [2.75, 3.05) is 6.54 Å². The molecule has 0 N–H and O–H groups in total. The number of hydrogen-bond donors (Lipinski definition) is 0. The van der Waals surface area contributed by atoms with Crippen LogP contribution in [0, 0.1) is 0 Å². The molecule has 3 rings (SSSR count). The highest BCUT2D eigenvalue weighted by Crippen LogP contribution is 2.53. The van der Waals surface area contributed by atoms with E-state index in [4.69, 9.17) is 0 Å². The Hall–Kier alpha value is -1.31. The van der Waals surface area contributed by atoms with Gasteiger partial charge >= 0.3 is 0 Å². The van der Waals surface area contributed by atoms with Crippen LogP contribution in [-0.2, 0) is 5.41 Å². The van der Waals surface area contributed by atoms with Crippen molar-refractivity contribution in [3.63, 3.8) is 0 Å². The average molecular weight is 257 g/mol. The van der Waals surface area contributed by atoms with Crippen LogP contribution in [0.4, 0.5) is 0 Å². The lowest BCUT2D eigenvalue weighted by Gasteiger charge is -2.37. The Morgan fingerprint density at radius 3 is 2.37 bits per heavy atom. The fraction of sp³-hybridized carbons (Fsp3) is 0.588. The number of nitrogens with zero attached hydrogens (tertiary/aromatic N) is 1. The van der Waals surface area contributed by atoms with Gasteiger partial charge in [0.15, 0.2) is 0 Å². The molecule has 1 aliphatic carbocycles. The van der Waals surface area contributed by atoms with Crippen LogP contribution in [0.5, 0.6) is 0 Å². The maximum absolute atomic E-state index is 12.6. The Balaban J connectivity index is 2.09. The second-order valence-electron chi connectivity index (χ2n) is 6.77. The lowest BCUT2D eigenvalue weighted by molar-refractivity contribution is 0.0656. The molecule has 1 heterocycles. The molecule has 0 saturated heterocycles. The fourth-order valence-electron chi connectivity index (χ4n) is 3.18. The van der Waals surface area contributed by atoms with Crippen LogP contribution in [0.1, 0.15) is 67.9 Å². The summed E-state index contributed by atoms with van der Waals surface area (Å²) in [5, 5.41) is 0. The number of fused-ring (bicyclic) bond motifs is 2. The van der Waals surface area contributed by atoms with Gasteiger partial charge in [0.05, 0.1) is 0 Å². The molecule has 2 heteroatoms. The monoisotopic (exact) mass is 257 g/mol. The van der Waals surface area contributed by atoms with E-state index in [1.54, 1.807) is 0 Å². The normalized spacial score (nSPS) is 20.3. The minimum absolute atomic E-state index is 0.220. The largest absolute Gasteiger partial charge is 0.335 e. The molecule has 102 valence electrons. The topological polar surface area (TPSA) is 20.3 Å². The molecule has 1 aliphatic heterocycles. The van der Waals surface area contributed by atoms with Crippen molar-refractivity contribution < 1.29 is 4.79 Å². The van der Waals surface area contributed by atoms with E-state index < -0.39 is 0 Å². The molecule has 0 atom stereocenters. The highest BCUT2D eigenvalue weighted by Gasteiger charge is 2.51. The predicted octanol–water partition coefficient (Wildman–Crippen LogP) is 3.71. The minimum Gasteiger partial charge on any atom is -0.335 e. The van der Waals surface area contributed by atoms with Crippen LogP contribution in [0.25, 0.3) is 0 Å². The van der Waals surface area contributed by atoms with E-state index in [0.29, 0.717) is 12.0 Å². The molecule has 1 aromatic carbocycles. The molecule has 1 spiro atoms. The zero-order valence-corrected chi connectivity index (χ0v) is 12.4. The quantitative estimate of drug-likeness (QED) is 0.791. The second-order valence-corrected chi connectivity index (χ2v) is 6.77. The van der Waals surface area contributed by atoms with Crippen LogP contribution in [-0.4, -0.2) is 23.4 Å². The summed E-state index contributed by atoms with van der Waals surface area (Å²) in [4.78, 5) is 14.6. The Morgan fingerprint density at radius 1 is 1.16 bits per heavy atom. The third-order valence-corrected chi connectivity index (χ3v) is 4.72. The van der Waals surface area contributed by atoms with E-state index in [2.05, 4.69) is 45.9 Å². The summed E-state index contributed by atoms with van der Waals surface area (Å²) >= 11 is 0. The van der Waals surface area contributed by atoms with Gasteiger partial charge in [-0.15, -0.1) is 0 Å². The minimum atomic E-state index is 0.220. The van der Waals surface area contributed by atoms with E-state index in [1.165, 1.54) is 24.0 Å². The van der Waals surface area contributed by atoms with Crippen molar-refractivity contribution in [2.24, 2.45) is 0 Å². The highest BCUT2D eigenvalue weighted by molar-refractivity contribution is 5.98. The molecule has 2 nitrogen and oxygen atoms in total. The Labute approximate surface area is 115 Å². The molecular formula is C17H23NO. The maximum atomic E-state index is 12.6. The van der Waals surface area contributed by atoms with Crippen molar-refractivity contribution in [3.05, 3.63) is 34.9 Å². The maximum Gasteiger partial charge on any atom is 0.254 e. The first-order valence-electron chi connectivity index (χ1n) is 7.40. The third-order valence-electron chi connectivity index (χ3n) is 4.72. The van der Waals surface area contributed by atoms with Gasteiger partial charge in [-0.25, -0.2) is 0 Å². The first-order chi connectivity index (χ1) is 8.94. The molecule has 0 unspecified atom stereocenters. The summed E-state index contributed by atoms with van der Waals surface area (Å²) in [6.07, 6.45) is 2.47. The van der Waals surface area contributed by atoms with Crippen molar-refractivity contribution >= 4 is 5.91 Å². The van der Waals surface area contributed by atoms with Gasteiger partial charge < -0.3 is 4.90 Å². The van der Waals surface area contributed by atoms with Gasteiger partial charge in [-0.3, -0.25) is 4.79 Å². The lowest BCUT2D eigenvalue weighted by atomic mass is 9.83. The summed E-state index contributed by atoms with van der Waals surface area (Å²) in [5.41, 5.74) is 3.90. The molecule has 1 fully saturated rings. The first-order valence-corrected chi connectivity index (χ1v) is 7.40. The Morgan fingerprint density at radius 2 is 1.84 bits per heavy atom. The van der Waals surface area contributed by atoms with E-state index >= 15 is 0 Å². The SMILES string of the molecule is CC(C)c1ccc2c(c1)C1(CC1)CN(C(C)C)C2=O. The van der Waals surface area contributed by atoms with Crippen LogP contribution in [0.15, 0.2) is 18.2 Å². The molecule has 1 amide bonds. The summed E-state index contributed by atoms with van der Waals surface area (Å²) in [5.74, 6) is 0.747. The molecule has 0 bridgehead atoms. The van der Waals surface area contributed by atoms with Crippen LogP contribution >= 0.6 is 0 Å². The smallest absolute Gasteiger partial charge is 0.254 e. The Kier molecular flexibility index (Phi) is 2.74. The van der Waals surface area contributed by atoms with Crippen molar-refractivity contribution in [3.8, 4) is 0 Å². The van der Waals surface area contributed by atoms with Gasteiger partial charge in [-0.05, 0) is 49.8 Å². The molecule has 1 aromatic rings. The van der Waals surface area contributed by atoms with Crippen LogP contribution in [0.2, 0.25) is 0 Å². The van der Waals surface area contributed by atoms with Crippen molar-refractivity contribution in [2.45, 2.75) is 57.9 Å². The van der Waals surface area contributed by atoms with Gasteiger partial charge in [-0.2, -0.15) is 0 Å². The van der Waals surface area contributed by atoms with E-state index in [-0.39, 0.29) is 11.3 Å². The molecule has 19 heavy (non-hydrogen) atoms. The highest BCUT2D eigenvalue weighted by atomic mass is 16.2. The van der Waals surface area contributed by atoms with Crippen LogP contribution in [0.3, 0.4) is 0 Å². The van der Waals surface area contributed by atoms with Gasteiger partial charge in [0.25, 0.3) is 5.91 Å². The number of hydrogen-bond acceptors (Lipinski definition) is 1. The molecule has 2 aliphatic rings. The Bertz CT molecular complexity index is 526. The number of benzene rings is 1. The van der Waals surface area contributed by atoms with Gasteiger partial charge in [-0.1, -0.05) is 26.0 Å². The molecular weight excluding hydrogens is 234 g/mol. The zero-order chi connectivity index (χ0) is 13.8. The van der Waals surface area contributed by atoms with Crippen molar-refractivity contribution in [1.29, 1.82) is 0 Å². The average Bonchev–Trinajstić information content (AvgIpc) is 3.14. The fourth-order valence-corrected chi connectivity index (χ4v) is 3.18. The third kappa shape index (κ3) is 1.89. The second kappa shape index (κ2) is 4.09. The summed E-state index contributed by atoms with van der Waals surface area (Å²) in [6, 6.07) is 6.77. The van der Waals surface area contributed by atoms with Gasteiger partial charge in [0.2, 0.25) is 0 Å². The number of carbonyl (C=O) groups is 1. The van der Waals surface area contributed by atoms with E-state index in [9.17, 15) is 4.79 Å². The standard InChI is InChI=1S/C17H23NO/c1-11(2)13-5-6-14-15(9-13)17(7-8-17)10-18(12(3)4)16(14)19/h5-6,9,11-12H,7-8,10H2,1-4H3. The van der Waals surface area contributed by atoms with Crippen molar-refractivity contribution in [1.82, 2.24) is 4.90 Å². The number of carbonyl (C=O) groups excluding carboxylic acids is 1. The van der Waals surface area contributed by atoms with Gasteiger partial charge in [0.1, 0.15) is 0 Å².